The first-order chi connectivity index (χ1) is 14.0. The van der Waals surface area contributed by atoms with E-state index in [-0.39, 0.29) is 42.2 Å². The second kappa shape index (κ2) is 11.6. The summed E-state index contributed by atoms with van der Waals surface area (Å²) in [6.45, 7) is 5.16. The molecule has 3 rings (SSSR count). The maximum atomic E-state index is 11.7. The summed E-state index contributed by atoms with van der Waals surface area (Å²) in [7, 11) is 1.75. The van der Waals surface area contributed by atoms with Crippen molar-refractivity contribution in [2.24, 2.45) is 4.99 Å². The molecular weight excluding hydrogens is 493 g/mol. The number of rotatable bonds is 6. The number of anilines is 1. The fourth-order valence-electron chi connectivity index (χ4n) is 3.12. The number of nitrogens with zero attached hydrogens (tertiary/aromatic N) is 1. The zero-order valence-electron chi connectivity index (χ0n) is 17.6. The number of carbonyl (C=O) groups excluding carboxylic acids is 1. The second-order valence-electron chi connectivity index (χ2n) is 7.31. The van der Waals surface area contributed by atoms with Crippen LogP contribution in [0.3, 0.4) is 0 Å². The van der Waals surface area contributed by atoms with Gasteiger partial charge in [0, 0.05) is 31.7 Å². The average molecular weight is 523 g/mol. The van der Waals surface area contributed by atoms with E-state index in [1.165, 1.54) is 5.56 Å². The van der Waals surface area contributed by atoms with Crippen LogP contribution in [-0.2, 0) is 13.0 Å². The van der Waals surface area contributed by atoms with Crippen molar-refractivity contribution < 1.29 is 9.53 Å². The van der Waals surface area contributed by atoms with Crippen LogP contribution in [0.1, 0.15) is 25.0 Å². The molecule has 0 aliphatic carbocycles. The first kappa shape index (κ1) is 23.8. The standard InChI is InChI=1S/C22H29N5O2.HI/c1-15(2)26-22(28)27-18-10-8-16(9-11-18)13-24-21(23-3)25-14-19-12-17-6-4-5-7-20(17)29-19;/h4-11,15,19H,12-14H2,1-3H3,(H2,23,24,25)(H2,26,27,28);1H. The lowest BCUT2D eigenvalue weighted by Crippen LogP contribution is -2.41. The largest absolute Gasteiger partial charge is 0.488 e. The van der Waals surface area contributed by atoms with Crippen molar-refractivity contribution in [2.45, 2.75) is 39.0 Å². The Balaban J connectivity index is 0.00000320. The van der Waals surface area contributed by atoms with Crippen LogP contribution in [0.5, 0.6) is 5.75 Å². The monoisotopic (exact) mass is 523 g/mol. The van der Waals surface area contributed by atoms with Gasteiger partial charge < -0.3 is 26.0 Å². The van der Waals surface area contributed by atoms with Gasteiger partial charge in [-0.05, 0) is 43.2 Å². The maximum absolute atomic E-state index is 11.7. The molecule has 1 aliphatic heterocycles. The quantitative estimate of drug-likeness (QED) is 0.265. The van der Waals surface area contributed by atoms with E-state index in [2.05, 4.69) is 32.3 Å². The summed E-state index contributed by atoms with van der Waals surface area (Å²) in [4.78, 5) is 16.0. The molecule has 4 N–H and O–H groups in total. The minimum atomic E-state index is -0.202. The first-order valence-electron chi connectivity index (χ1n) is 9.89. The van der Waals surface area contributed by atoms with E-state index in [0.717, 1.165) is 29.4 Å². The molecule has 0 saturated carbocycles. The van der Waals surface area contributed by atoms with E-state index in [0.29, 0.717) is 13.1 Å². The van der Waals surface area contributed by atoms with E-state index in [1.807, 2.05) is 56.3 Å². The van der Waals surface area contributed by atoms with Crippen LogP contribution >= 0.6 is 24.0 Å². The van der Waals surface area contributed by atoms with E-state index < -0.39 is 0 Å². The van der Waals surface area contributed by atoms with Crippen molar-refractivity contribution in [3.8, 4) is 5.75 Å². The highest BCUT2D eigenvalue weighted by Gasteiger charge is 2.22. The number of nitrogens with one attached hydrogen (secondary N) is 4. The number of fused-ring (bicyclic) bond motifs is 1. The summed E-state index contributed by atoms with van der Waals surface area (Å²) in [6.07, 6.45) is 1.01. The third kappa shape index (κ3) is 7.08. The third-order valence-electron chi connectivity index (χ3n) is 4.53. The normalized spacial score (nSPS) is 14.9. The molecule has 1 heterocycles. The number of guanidine groups is 1. The summed E-state index contributed by atoms with van der Waals surface area (Å²) in [5.41, 5.74) is 3.10. The smallest absolute Gasteiger partial charge is 0.319 e. The minimum absolute atomic E-state index is 0. The van der Waals surface area contributed by atoms with Crippen molar-refractivity contribution in [1.29, 1.82) is 0 Å². The lowest BCUT2D eigenvalue weighted by molar-refractivity contribution is 0.235. The van der Waals surface area contributed by atoms with Gasteiger partial charge in [-0.2, -0.15) is 0 Å². The lowest BCUT2D eigenvalue weighted by Gasteiger charge is -2.16. The predicted molar refractivity (Wildman–Crippen MR) is 132 cm³/mol. The Morgan fingerprint density at radius 2 is 1.87 bits per heavy atom. The first-order valence-corrected chi connectivity index (χ1v) is 9.89. The van der Waals surface area contributed by atoms with Gasteiger partial charge in [-0.1, -0.05) is 30.3 Å². The van der Waals surface area contributed by atoms with Gasteiger partial charge in [0.25, 0.3) is 0 Å². The molecule has 162 valence electrons. The number of para-hydroxylation sites is 1. The number of halogens is 1. The number of amides is 2. The summed E-state index contributed by atoms with van der Waals surface area (Å²) in [5, 5.41) is 12.2. The van der Waals surface area contributed by atoms with E-state index in [1.54, 1.807) is 7.05 Å². The van der Waals surface area contributed by atoms with Crippen molar-refractivity contribution in [3.63, 3.8) is 0 Å². The molecule has 0 spiro atoms. The highest BCUT2D eigenvalue weighted by molar-refractivity contribution is 14.0. The minimum Gasteiger partial charge on any atom is -0.488 e. The molecule has 1 aliphatic rings. The van der Waals surface area contributed by atoms with Crippen LogP contribution < -0.4 is 26.0 Å². The summed E-state index contributed by atoms with van der Waals surface area (Å²) >= 11 is 0. The maximum Gasteiger partial charge on any atom is 0.319 e. The molecule has 2 aromatic carbocycles. The predicted octanol–water partition coefficient (Wildman–Crippen LogP) is 3.50. The van der Waals surface area contributed by atoms with Crippen LogP contribution in [0.4, 0.5) is 10.5 Å². The highest BCUT2D eigenvalue weighted by Crippen LogP contribution is 2.27. The van der Waals surface area contributed by atoms with E-state index >= 15 is 0 Å². The summed E-state index contributed by atoms with van der Waals surface area (Å²) < 4.78 is 5.95. The zero-order valence-corrected chi connectivity index (χ0v) is 19.9. The molecule has 0 aromatic heterocycles. The Hall–Kier alpha value is -2.49. The van der Waals surface area contributed by atoms with Crippen molar-refractivity contribution >= 4 is 41.7 Å². The van der Waals surface area contributed by atoms with Crippen molar-refractivity contribution in [3.05, 3.63) is 59.7 Å². The van der Waals surface area contributed by atoms with Crippen molar-refractivity contribution in [2.75, 3.05) is 18.9 Å². The molecule has 7 nitrogen and oxygen atoms in total. The van der Waals surface area contributed by atoms with Crippen LogP contribution in [0.15, 0.2) is 53.5 Å². The number of aliphatic imine (C=N–C) groups is 1. The molecule has 8 heteroatoms. The van der Waals surface area contributed by atoms with Gasteiger partial charge in [-0.25, -0.2) is 4.79 Å². The summed E-state index contributed by atoms with van der Waals surface area (Å²) in [6, 6.07) is 15.8. The molecule has 0 saturated heterocycles. The lowest BCUT2D eigenvalue weighted by atomic mass is 10.1. The SMILES string of the molecule is CN=C(NCc1ccc(NC(=O)NC(C)C)cc1)NCC1Cc2ccccc2O1.I. The van der Waals surface area contributed by atoms with Gasteiger partial charge in [-0.3, -0.25) is 4.99 Å². The number of ether oxygens (including phenoxy) is 1. The number of hydrogen-bond acceptors (Lipinski definition) is 3. The van der Waals surface area contributed by atoms with Crippen molar-refractivity contribution in [1.82, 2.24) is 16.0 Å². The molecule has 30 heavy (non-hydrogen) atoms. The molecule has 1 unspecified atom stereocenters. The third-order valence-corrected chi connectivity index (χ3v) is 4.53. The van der Waals surface area contributed by atoms with Crippen LogP contribution in [0.2, 0.25) is 0 Å². The van der Waals surface area contributed by atoms with Gasteiger partial charge in [0.05, 0.1) is 6.54 Å². The Morgan fingerprint density at radius 1 is 1.13 bits per heavy atom. The molecule has 1 atom stereocenters. The van der Waals surface area contributed by atoms with Crippen LogP contribution in [0, 0.1) is 0 Å². The average Bonchev–Trinajstić information content (AvgIpc) is 3.11. The molecule has 0 bridgehead atoms. The van der Waals surface area contributed by atoms with Crippen LogP contribution in [-0.4, -0.2) is 37.7 Å². The molecular formula is C22H30IN5O2. The number of urea groups is 1. The number of hydrogen-bond donors (Lipinski definition) is 4. The Kier molecular flexibility index (Phi) is 9.22. The van der Waals surface area contributed by atoms with Gasteiger partial charge in [-0.15, -0.1) is 24.0 Å². The molecule has 2 amide bonds. The molecule has 2 aromatic rings. The van der Waals surface area contributed by atoms with E-state index in [9.17, 15) is 4.79 Å². The van der Waals surface area contributed by atoms with Gasteiger partial charge >= 0.3 is 6.03 Å². The zero-order chi connectivity index (χ0) is 20.6. The van der Waals surface area contributed by atoms with E-state index in [4.69, 9.17) is 4.74 Å². The fraction of sp³-hybridized carbons (Fsp3) is 0.364. The Bertz CT molecular complexity index is 830. The number of benzene rings is 2. The van der Waals surface area contributed by atoms with Gasteiger partial charge in [0.2, 0.25) is 0 Å². The van der Waals surface area contributed by atoms with Gasteiger partial charge in [0.1, 0.15) is 11.9 Å². The summed E-state index contributed by atoms with van der Waals surface area (Å²) in [5.74, 6) is 1.70. The molecule has 0 fully saturated rings. The number of carbonyl (C=O) groups is 1. The van der Waals surface area contributed by atoms with Gasteiger partial charge in [0.15, 0.2) is 5.96 Å². The Morgan fingerprint density at radius 3 is 2.53 bits per heavy atom. The topological polar surface area (TPSA) is 86.8 Å². The van der Waals surface area contributed by atoms with Crippen LogP contribution in [0.25, 0.3) is 0 Å². The Labute approximate surface area is 195 Å². The highest BCUT2D eigenvalue weighted by atomic mass is 127. The second-order valence-corrected chi connectivity index (χ2v) is 7.31. The molecule has 0 radical (unpaired) electrons. The fourth-order valence-corrected chi connectivity index (χ4v) is 3.12.